The number of ether oxygens (including phenoxy) is 1. The Balaban J connectivity index is 2.02. The van der Waals surface area contributed by atoms with Crippen LogP contribution in [0.3, 0.4) is 0 Å². The summed E-state index contributed by atoms with van der Waals surface area (Å²) >= 11 is 0. The van der Waals surface area contributed by atoms with Gasteiger partial charge in [-0.1, -0.05) is 25.1 Å². The van der Waals surface area contributed by atoms with Crippen molar-refractivity contribution in [3.8, 4) is 0 Å². The van der Waals surface area contributed by atoms with E-state index in [-0.39, 0.29) is 11.9 Å². The predicted molar refractivity (Wildman–Crippen MR) is 82.3 cm³/mol. The maximum atomic E-state index is 12.6. The normalized spacial score (nSPS) is 20.3. The topological polar surface area (TPSA) is 53.0 Å². The Morgan fingerprint density at radius 3 is 2.76 bits per heavy atom. The molecule has 0 saturated carbocycles. The molecule has 0 radical (unpaired) electrons. The molecular formula is C16H24N2O3. The van der Waals surface area contributed by atoms with Crippen molar-refractivity contribution in [3.05, 3.63) is 30.3 Å². The molecule has 2 atom stereocenters. The molecule has 21 heavy (non-hydrogen) atoms. The van der Waals surface area contributed by atoms with Crippen LogP contribution in [-0.2, 0) is 9.53 Å². The number of anilines is 1. The van der Waals surface area contributed by atoms with Crippen LogP contribution in [0.5, 0.6) is 0 Å². The van der Waals surface area contributed by atoms with Crippen molar-refractivity contribution in [1.82, 2.24) is 4.90 Å². The highest BCUT2D eigenvalue weighted by molar-refractivity contribution is 5.99. The summed E-state index contributed by atoms with van der Waals surface area (Å²) in [5, 5.41) is 9.89. The lowest BCUT2D eigenvalue weighted by atomic mass is 10.2. The standard InChI is InChI=1S/C16H24N2O3/c1-3-17(11-14(19)12-21-2)15-9-10-18(16(15)20)13-7-5-4-6-8-13/h4-8,14-15,19H,3,9-12H2,1-2H3/t14-,15-/m0/s1. The minimum atomic E-state index is -0.562. The maximum absolute atomic E-state index is 12.6. The van der Waals surface area contributed by atoms with Crippen LogP contribution in [0.4, 0.5) is 5.69 Å². The molecule has 1 aliphatic heterocycles. The van der Waals surface area contributed by atoms with Crippen LogP contribution in [-0.4, -0.2) is 61.4 Å². The number of amides is 1. The number of nitrogens with zero attached hydrogens (tertiary/aromatic N) is 2. The summed E-state index contributed by atoms with van der Waals surface area (Å²) in [6.45, 7) is 4.23. The molecule has 5 nitrogen and oxygen atoms in total. The molecule has 0 aliphatic carbocycles. The number of hydrogen-bond acceptors (Lipinski definition) is 4. The molecule has 1 saturated heterocycles. The van der Waals surface area contributed by atoms with E-state index in [1.807, 2.05) is 47.1 Å². The van der Waals surface area contributed by atoms with Crippen LogP contribution < -0.4 is 4.90 Å². The number of para-hydroxylation sites is 1. The summed E-state index contributed by atoms with van der Waals surface area (Å²) < 4.78 is 4.96. The number of carbonyl (C=O) groups excluding carboxylic acids is 1. The van der Waals surface area contributed by atoms with E-state index in [0.717, 1.165) is 25.2 Å². The van der Waals surface area contributed by atoms with Crippen molar-refractivity contribution in [2.24, 2.45) is 0 Å². The predicted octanol–water partition coefficient (Wildman–Crippen LogP) is 1.12. The molecule has 1 N–H and O–H groups in total. The molecule has 1 amide bonds. The van der Waals surface area contributed by atoms with Gasteiger partial charge in [0, 0.05) is 25.9 Å². The molecule has 0 bridgehead atoms. The molecule has 1 aromatic rings. The van der Waals surface area contributed by atoms with E-state index in [2.05, 4.69) is 0 Å². The third-order valence-corrected chi connectivity index (χ3v) is 3.90. The summed E-state index contributed by atoms with van der Waals surface area (Å²) in [5.41, 5.74) is 0.943. The first-order chi connectivity index (χ1) is 10.2. The first-order valence-electron chi connectivity index (χ1n) is 7.44. The fourth-order valence-electron chi connectivity index (χ4n) is 2.86. The summed E-state index contributed by atoms with van der Waals surface area (Å²) in [5.74, 6) is 0.118. The molecule has 0 spiro atoms. The average Bonchev–Trinajstić information content (AvgIpc) is 2.88. The summed E-state index contributed by atoms with van der Waals surface area (Å²) in [6, 6.07) is 9.58. The number of hydrogen-bond donors (Lipinski definition) is 1. The third-order valence-electron chi connectivity index (χ3n) is 3.90. The third kappa shape index (κ3) is 3.81. The van der Waals surface area contributed by atoms with Crippen LogP contribution in [0.1, 0.15) is 13.3 Å². The second kappa shape index (κ2) is 7.54. The number of methoxy groups -OCH3 is 1. The highest BCUT2D eigenvalue weighted by Crippen LogP contribution is 2.24. The Bertz CT molecular complexity index is 452. The zero-order valence-electron chi connectivity index (χ0n) is 12.7. The smallest absolute Gasteiger partial charge is 0.244 e. The van der Waals surface area contributed by atoms with E-state index >= 15 is 0 Å². The Hall–Kier alpha value is -1.43. The number of carbonyl (C=O) groups is 1. The molecule has 5 heteroatoms. The zero-order chi connectivity index (χ0) is 15.2. The van der Waals surface area contributed by atoms with Crippen molar-refractivity contribution in [1.29, 1.82) is 0 Å². The van der Waals surface area contributed by atoms with Crippen LogP contribution in [0.2, 0.25) is 0 Å². The van der Waals surface area contributed by atoms with E-state index in [1.54, 1.807) is 7.11 Å². The van der Waals surface area contributed by atoms with Gasteiger partial charge < -0.3 is 14.7 Å². The number of aliphatic hydroxyl groups is 1. The quantitative estimate of drug-likeness (QED) is 0.818. The van der Waals surface area contributed by atoms with Gasteiger partial charge in [0.15, 0.2) is 0 Å². The molecule has 2 rings (SSSR count). The van der Waals surface area contributed by atoms with Crippen LogP contribution in [0.15, 0.2) is 30.3 Å². The van der Waals surface area contributed by atoms with E-state index in [0.29, 0.717) is 13.2 Å². The first-order valence-corrected chi connectivity index (χ1v) is 7.44. The summed E-state index contributed by atoms with van der Waals surface area (Å²) in [4.78, 5) is 16.5. The fraction of sp³-hybridized carbons (Fsp3) is 0.562. The SMILES string of the molecule is CCN(C[C@H](O)COC)[C@H]1CCN(c2ccccc2)C1=O. The van der Waals surface area contributed by atoms with Gasteiger partial charge in [0.05, 0.1) is 18.8 Å². The van der Waals surface area contributed by atoms with Gasteiger partial charge in [-0.15, -0.1) is 0 Å². The highest BCUT2D eigenvalue weighted by atomic mass is 16.5. The molecule has 1 aromatic carbocycles. The van der Waals surface area contributed by atoms with Crippen LogP contribution >= 0.6 is 0 Å². The number of aliphatic hydroxyl groups excluding tert-OH is 1. The minimum Gasteiger partial charge on any atom is -0.389 e. The van der Waals surface area contributed by atoms with Crippen molar-refractivity contribution < 1.29 is 14.6 Å². The molecule has 0 unspecified atom stereocenters. The molecule has 1 heterocycles. The second-order valence-corrected chi connectivity index (χ2v) is 5.33. The van der Waals surface area contributed by atoms with Gasteiger partial charge in [-0.3, -0.25) is 9.69 Å². The maximum Gasteiger partial charge on any atom is 0.244 e. The van der Waals surface area contributed by atoms with Gasteiger partial charge in [0.1, 0.15) is 0 Å². The lowest BCUT2D eigenvalue weighted by Crippen LogP contribution is -2.46. The Morgan fingerprint density at radius 2 is 2.14 bits per heavy atom. The largest absolute Gasteiger partial charge is 0.389 e. The zero-order valence-corrected chi connectivity index (χ0v) is 12.7. The Morgan fingerprint density at radius 1 is 1.43 bits per heavy atom. The average molecular weight is 292 g/mol. The van der Waals surface area contributed by atoms with E-state index in [1.165, 1.54) is 0 Å². The van der Waals surface area contributed by atoms with Gasteiger partial charge in [-0.25, -0.2) is 0 Å². The number of benzene rings is 1. The Labute approximate surface area is 126 Å². The second-order valence-electron chi connectivity index (χ2n) is 5.33. The van der Waals surface area contributed by atoms with E-state index in [9.17, 15) is 9.90 Å². The molecule has 1 aliphatic rings. The van der Waals surface area contributed by atoms with Crippen molar-refractivity contribution >= 4 is 11.6 Å². The minimum absolute atomic E-state index is 0.118. The van der Waals surface area contributed by atoms with Crippen molar-refractivity contribution in [3.63, 3.8) is 0 Å². The molecule has 116 valence electrons. The highest BCUT2D eigenvalue weighted by Gasteiger charge is 2.36. The fourth-order valence-corrected chi connectivity index (χ4v) is 2.86. The van der Waals surface area contributed by atoms with E-state index < -0.39 is 6.10 Å². The van der Waals surface area contributed by atoms with Gasteiger partial charge in [-0.05, 0) is 25.1 Å². The first kappa shape index (κ1) is 15.9. The number of rotatable bonds is 7. The summed E-state index contributed by atoms with van der Waals surface area (Å²) in [6.07, 6.45) is 0.231. The van der Waals surface area contributed by atoms with E-state index in [4.69, 9.17) is 4.74 Å². The van der Waals surface area contributed by atoms with Gasteiger partial charge in [-0.2, -0.15) is 0 Å². The lowest BCUT2D eigenvalue weighted by Gasteiger charge is -2.28. The lowest BCUT2D eigenvalue weighted by molar-refractivity contribution is -0.122. The Kier molecular flexibility index (Phi) is 5.73. The summed E-state index contributed by atoms with van der Waals surface area (Å²) in [7, 11) is 1.57. The van der Waals surface area contributed by atoms with Gasteiger partial charge in [0.2, 0.25) is 5.91 Å². The van der Waals surface area contributed by atoms with Crippen molar-refractivity contribution in [2.45, 2.75) is 25.5 Å². The van der Waals surface area contributed by atoms with Crippen LogP contribution in [0, 0.1) is 0 Å². The molecule has 1 fully saturated rings. The van der Waals surface area contributed by atoms with Gasteiger partial charge in [0.25, 0.3) is 0 Å². The van der Waals surface area contributed by atoms with Gasteiger partial charge >= 0.3 is 0 Å². The van der Waals surface area contributed by atoms with Crippen molar-refractivity contribution in [2.75, 3.05) is 38.3 Å². The molecule has 0 aromatic heterocycles. The van der Waals surface area contributed by atoms with Crippen LogP contribution in [0.25, 0.3) is 0 Å². The number of likely N-dealkylation sites (N-methyl/N-ethyl adjacent to an activating group) is 1. The molecular weight excluding hydrogens is 268 g/mol. The monoisotopic (exact) mass is 292 g/mol.